The number of carbonyl (C=O) groups is 1. The predicted molar refractivity (Wildman–Crippen MR) is 103 cm³/mol. The summed E-state index contributed by atoms with van der Waals surface area (Å²) in [7, 11) is 1.54. The van der Waals surface area contributed by atoms with Crippen molar-refractivity contribution in [2.24, 2.45) is 28.1 Å². The second-order valence-corrected chi connectivity index (χ2v) is 9.70. The lowest BCUT2D eigenvalue weighted by atomic mass is 9.44. The number of hydrogen-bond donors (Lipinski definition) is 0. The van der Waals surface area contributed by atoms with Crippen LogP contribution in [-0.4, -0.2) is 25.8 Å². The molecule has 3 saturated carbocycles. The molecular weight excluding hydrogens is 324 g/mol. The summed E-state index contributed by atoms with van der Waals surface area (Å²) in [6.07, 6.45) is 10.5. The van der Waals surface area contributed by atoms with Crippen molar-refractivity contribution in [3.05, 3.63) is 23.8 Å². The molecule has 0 amide bonds. The third kappa shape index (κ3) is 2.25. The maximum absolute atomic E-state index is 12.7. The first-order valence-electron chi connectivity index (χ1n) is 10.4. The second-order valence-electron chi connectivity index (χ2n) is 9.70. The molecule has 3 fully saturated rings. The Kier molecular flexibility index (Phi) is 4.19. The van der Waals surface area contributed by atoms with Gasteiger partial charge in [0.05, 0.1) is 18.6 Å². The Balaban J connectivity index is 1.79. The number of allylic oxidation sites excluding steroid dienone is 1. The van der Waals surface area contributed by atoms with Crippen molar-refractivity contribution in [3.63, 3.8) is 0 Å². The largest absolute Gasteiger partial charge is 0.469 e. The van der Waals surface area contributed by atoms with Gasteiger partial charge in [0, 0.05) is 12.5 Å². The highest BCUT2D eigenvalue weighted by molar-refractivity contribution is 5.77. The predicted octanol–water partition coefficient (Wildman–Crippen LogP) is 5.06. The minimum absolute atomic E-state index is 0.0177. The van der Waals surface area contributed by atoms with Crippen LogP contribution in [0.15, 0.2) is 23.8 Å². The monoisotopic (exact) mass is 358 g/mol. The molecule has 0 aromatic rings. The van der Waals surface area contributed by atoms with Crippen LogP contribution >= 0.6 is 0 Å². The summed E-state index contributed by atoms with van der Waals surface area (Å²) in [5.41, 5.74) is 2.95. The van der Waals surface area contributed by atoms with Crippen molar-refractivity contribution in [1.82, 2.24) is 0 Å². The third-order valence-electron chi connectivity index (χ3n) is 8.47. The molecule has 144 valence electrons. The molecular formula is C23H34O3. The minimum atomic E-state index is -0.363. The van der Waals surface area contributed by atoms with E-state index in [1.807, 2.05) is 0 Å². The molecule has 4 aliphatic rings. The molecule has 0 saturated heterocycles. The second kappa shape index (κ2) is 5.95. The number of ether oxygens (including phenoxy) is 2. The van der Waals surface area contributed by atoms with Crippen LogP contribution < -0.4 is 0 Å². The first-order valence-corrected chi connectivity index (χ1v) is 10.4. The van der Waals surface area contributed by atoms with Crippen LogP contribution in [0.4, 0.5) is 0 Å². The standard InChI is InChI=1S/C23H34O3/c1-6-26-17-12-19-21(3)9-7-10-22(4,20(24)25-5)18(21)8-11-23(19)13-15(2)16(17)14-23/h12,16-18H,2,6-11,13-14H2,1,3-5H3. The van der Waals surface area contributed by atoms with Gasteiger partial charge < -0.3 is 9.47 Å². The summed E-state index contributed by atoms with van der Waals surface area (Å²) in [6, 6.07) is 0. The summed E-state index contributed by atoms with van der Waals surface area (Å²) in [5, 5.41) is 0. The number of methoxy groups -OCH3 is 1. The van der Waals surface area contributed by atoms with E-state index in [2.05, 4.69) is 33.4 Å². The molecule has 2 bridgehead atoms. The van der Waals surface area contributed by atoms with Gasteiger partial charge in [-0.3, -0.25) is 4.79 Å². The Bertz CT molecular complexity index is 664. The van der Waals surface area contributed by atoms with Crippen molar-refractivity contribution < 1.29 is 14.3 Å². The molecule has 3 heteroatoms. The maximum Gasteiger partial charge on any atom is 0.311 e. The number of carbonyl (C=O) groups excluding carboxylic acids is 1. The highest BCUT2D eigenvalue weighted by atomic mass is 16.5. The lowest BCUT2D eigenvalue weighted by Gasteiger charge is -2.60. The van der Waals surface area contributed by atoms with Gasteiger partial charge in [-0.15, -0.1) is 0 Å². The fraction of sp³-hybridized carbons (Fsp3) is 0.783. The first kappa shape index (κ1) is 18.3. The molecule has 0 heterocycles. The SMILES string of the molecule is C=C1CC23CCC4C(C)(C(=O)OC)CCCC4(C)C2=CC(OCC)C1C3. The number of esters is 1. The lowest BCUT2D eigenvalue weighted by molar-refractivity contribution is -0.165. The van der Waals surface area contributed by atoms with E-state index in [-0.39, 0.29) is 28.3 Å². The average molecular weight is 359 g/mol. The minimum Gasteiger partial charge on any atom is -0.469 e. The molecule has 0 N–H and O–H groups in total. The van der Waals surface area contributed by atoms with E-state index in [1.54, 1.807) is 12.7 Å². The van der Waals surface area contributed by atoms with E-state index >= 15 is 0 Å². The van der Waals surface area contributed by atoms with Crippen molar-refractivity contribution >= 4 is 5.97 Å². The summed E-state index contributed by atoms with van der Waals surface area (Å²) in [5.74, 6) is 0.825. The van der Waals surface area contributed by atoms with Crippen LogP contribution in [0.3, 0.4) is 0 Å². The normalized spacial score (nSPS) is 47.0. The molecule has 6 atom stereocenters. The van der Waals surface area contributed by atoms with E-state index in [1.165, 1.54) is 24.8 Å². The van der Waals surface area contributed by atoms with Crippen LogP contribution in [0, 0.1) is 28.1 Å². The van der Waals surface area contributed by atoms with Gasteiger partial charge in [-0.1, -0.05) is 37.1 Å². The summed E-state index contributed by atoms with van der Waals surface area (Å²) < 4.78 is 11.4. The van der Waals surface area contributed by atoms with E-state index in [0.29, 0.717) is 11.8 Å². The summed E-state index contributed by atoms with van der Waals surface area (Å²) in [6.45, 7) is 11.8. The Morgan fingerprint density at radius 3 is 2.77 bits per heavy atom. The van der Waals surface area contributed by atoms with Gasteiger partial charge in [0.15, 0.2) is 0 Å². The Hall–Kier alpha value is -1.09. The van der Waals surface area contributed by atoms with Gasteiger partial charge in [-0.2, -0.15) is 0 Å². The van der Waals surface area contributed by atoms with E-state index in [9.17, 15) is 4.79 Å². The number of rotatable bonds is 3. The maximum atomic E-state index is 12.7. The van der Waals surface area contributed by atoms with Gasteiger partial charge in [0.2, 0.25) is 0 Å². The molecule has 0 aliphatic heterocycles. The highest BCUT2D eigenvalue weighted by Gasteiger charge is 2.63. The van der Waals surface area contributed by atoms with Crippen molar-refractivity contribution in [2.75, 3.05) is 13.7 Å². The number of fused-ring (bicyclic) bond motifs is 3. The van der Waals surface area contributed by atoms with Gasteiger partial charge >= 0.3 is 5.97 Å². The van der Waals surface area contributed by atoms with Crippen LogP contribution in [0.25, 0.3) is 0 Å². The van der Waals surface area contributed by atoms with Gasteiger partial charge in [-0.25, -0.2) is 0 Å². The van der Waals surface area contributed by atoms with Gasteiger partial charge in [-0.05, 0) is 69.1 Å². The average Bonchev–Trinajstić information content (AvgIpc) is 2.87. The Morgan fingerprint density at radius 1 is 1.31 bits per heavy atom. The highest BCUT2D eigenvalue weighted by Crippen LogP contribution is 2.70. The van der Waals surface area contributed by atoms with Crippen LogP contribution in [-0.2, 0) is 14.3 Å². The molecule has 4 rings (SSSR count). The molecule has 0 radical (unpaired) electrons. The van der Waals surface area contributed by atoms with Crippen LogP contribution in [0.2, 0.25) is 0 Å². The van der Waals surface area contributed by atoms with E-state index in [4.69, 9.17) is 9.47 Å². The zero-order valence-corrected chi connectivity index (χ0v) is 16.9. The molecule has 4 aliphatic carbocycles. The zero-order chi connectivity index (χ0) is 18.7. The van der Waals surface area contributed by atoms with E-state index < -0.39 is 0 Å². The van der Waals surface area contributed by atoms with E-state index in [0.717, 1.165) is 32.3 Å². The third-order valence-corrected chi connectivity index (χ3v) is 8.47. The summed E-state index contributed by atoms with van der Waals surface area (Å²) >= 11 is 0. The molecule has 0 aromatic heterocycles. The zero-order valence-electron chi connectivity index (χ0n) is 16.9. The molecule has 26 heavy (non-hydrogen) atoms. The lowest BCUT2D eigenvalue weighted by Crippen LogP contribution is -2.55. The van der Waals surface area contributed by atoms with Crippen molar-refractivity contribution in [2.45, 2.75) is 71.8 Å². The molecule has 6 unspecified atom stereocenters. The Morgan fingerprint density at radius 2 is 2.08 bits per heavy atom. The fourth-order valence-electron chi connectivity index (χ4n) is 7.42. The number of hydrogen-bond acceptors (Lipinski definition) is 3. The Labute approximate surface area is 158 Å². The summed E-state index contributed by atoms with van der Waals surface area (Å²) in [4.78, 5) is 12.7. The van der Waals surface area contributed by atoms with Gasteiger partial charge in [0.1, 0.15) is 0 Å². The topological polar surface area (TPSA) is 35.5 Å². The van der Waals surface area contributed by atoms with Crippen LogP contribution in [0.5, 0.6) is 0 Å². The van der Waals surface area contributed by atoms with Crippen molar-refractivity contribution in [3.8, 4) is 0 Å². The fourth-order valence-corrected chi connectivity index (χ4v) is 7.42. The molecule has 1 spiro atoms. The quantitative estimate of drug-likeness (QED) is 0.522. The first-order chi connectivity index (χ1) is 12.3. The van der Waals surface area contributed by atoms with Gasteiger partial charge in [0.25, 0.3) is 0 Å². The van der Waals surface area contributed by atoms with Crippen LogP contribution in [0.1, 0.15) is 65.7 Å². The smallest absolute Gasteiger partial charge is 0.311 e. The molecule has 3 nitrogen and oxygen atoms in total. The molecule has 0 aromatic carbocycles. The van der Waals surface area contributed by atoms with Crippen molar-refractivity contribution in [1.29, 1.82) is 0 Å².